The van der Waals surface area contributed by atoms with Crippen LogP contribution in [0.2, 0.25) is 0 Å². The summed E-state index contributed by atoms with van der Waals surface area (Å²) in [6, 6.07) is 26.6. The Balaban J connectivity index is 1.24. The number of hydrogen-bond donors (Lipinski definition) is 3. The number of benzene rings is 4. The number of halogens is 3. The van der Waals surface area contributed by atoms with Gasteiger partial charge < -0.3 is 29.6 Å². The van der Waals surface area contributed by atoms with Gasteiger partial charge in [0.05, 0.1) is 16.5 Å². The summed E-state index contributed by atoms with van der Waals surface area (Å²) in [4.78, 5) is 25.9. The highest BCUT2D eigenvalue weighted by atomic mass is 32.2. The molecule has 0 unspecified atom stereocenters. The number of rotatable bonds is 14. The summed E-state index contributed by atoms with van der Waals surface area (Å²) in [5.41, 5.74) is 6.76. The van der Waals surface area contributed by atoms with Crippen molar-refractivity contribution in [2.24, 2.45) is 5.73 Å². The smallest absolute Gasteiger partial charge is 0.490 e. The summed E-state index contributed by atoms with van der Waals surface area (Å²) in [6.45, 7) is 0.696. The van der Waals surface area contributed by atoms with Crippen molar-refractivity contribution in [3.63, 3.8) is 0 Å². The predicted molar refractivity (Wildman–Crippen MR) is 187 cm³/mol. The van der Waals surface area contributed by atoms with Crippen molar-refractivity contribution in [1.82, 2.24) is 9.62 Å². The van der Waals surface area contributed by atoms with Gasteiger partial charge in [-0.25, -0.2) is 22.7 Å². The number of piperidine rings is 1. The minimum absolute atomic E-state index is 0.0253. The molecule has 1 aliphatic heterocycles. The van der Waals surface area contributed by atoms with Gasteiger partial charge in [-0.1, -0.05) is 66.7 Å². The average Bonchev–Trinajstić information content (AvgIpc) is 3.14. The Morgan fingerprint density at radius 3 is 2.15 bits per heavy atom. The molecule has 1 atom stereocenters. The Kier molecular flexibility index (Phi) is 12.6. The van der Waals surface area contributed by atoms with Gasteiger partial charge in [0, 0.05) is 25.9 Å². The van der Waals surface area contributed by atoms with Gasteiger partial charge >= 0.3 is 18.2 Å². The molecular weight excluding hydrogens is 717 g/mol. The van der Waals surface area contributed by atoms with E-state index in [1.165, 1.54) is 30.3 Å². The molecule has 53 heavy (non-hydrogen) atoms. The Bertz CT molecular complexity index is 1980. The first-order valence-corrected chi connectivity index (χ1v) is 17.9. The average molecular weight is 755 g/mol. The quantitative estimate of drug-likeness (QED) is 0.0643. The number of sulfonamides is 1. The number of esters is 1. The third-order valence-electron chi connectivity index (χ3n) is 8.12. The Hall–Kier alpha value is -5.61. The number of ether oxygens (including phenoxy) is 4. The second kappa shape index (κ2) is 17.3. The van der Waals surface area contributed by atoms with Crippen LogP contribution < -0.4 is 24.7 Å². The lowest BCUT2D eigenvalue weighted by Crippen LogP contribution is -2.42. The van der Waals surface area contributed by atoms with E-state index in [1.807, 2.05) is 30.3 Å². The molecule has 4 N–H and O–H groups in total. The highest BCUT2D eigenvalue weighted by Gasteiger charge is 2.42. The molecule has 0 spiro atoms. The van der Waals surface area contributed by atoms with Crippen molar-refractivity contribution < 1.29 is 50.1 Å². The van der Waals surface area contributed by atoms with E-state index in [0.717, 1.165) is 5.56 Å². The van der Waals surface area contributed by atoms with E-state index in [0.29, 0.717) is 37.2 Å². The zero-order chi connectivity index (χ0) is 38.0. The zero-order valence-corrected chi connectivity index (χ0v) is 29.1. The van der Waals surface area contributed by atoms with Gasteiger partial charge in [0.2, 0.25) is 10.0 Å². The molecule has 1 heterocycles. The molecule has 1 amide bonds. The number of amides is 1. The summed E-state index contributed by atoms with van der Waals surface area (Å²) in [5, 5.41) is 7.75. The highest BCUT2D eigenvalue weighted by molar-refractivity contribution is 7.89. The van der Waals surface area contributed by atoms with Crippen LogP contribution in [0.3, 0.4) is 0 Å². The highest BCUT2D eigenvalue weighted by Crippen LogP contribution is 2.33. The molecule has 16 heteroatoms. The molecule has 1 saturated heterocycles. The van der Waals surface area contributed by atoms with E-state index in [-0.39, 0.29) is 41.4 Å². The topological polar surface area (TPSA) is 170 Å². The van der Waals surface area contributed by atoms with Crippen LogP contribution in [0.15, 0.2) is 108 Å². The van der Waals surface area contributed by atoms with E-state index in [1.54, 1.807) is 47.4 Å². The van der Waals surface area contributed by atoms with Gasteiger partial charge in [-0.2, -0.15) is 13.2 Å². The molecule has 0 aromatic heterocycles. The Labute approximate surface area is 304 Å². The van der Waals surface area contributed by atoms with E-state index >= 15 is 0 Å². The lowest BCUT2D eigenvalue weighted by molar-refractivity contribution is -0.189. The molecule has 1 fully saturated rings. The van der Waals surface area contributed by atoms with Crippen LogP contribution in [0.1, 0.15) is 29.5 Å². The third-order valence-corrected chi connectivity index (χ3v) is 9.66. The van der Waals surface area contributed by atoms with E-state index in [9.17, 15) is 31.2 Å². The van der Waals surface area contributed by atoms with Crippen molar-refractivity contribution in [2.45, 2.75) is 49.1 Å². The molecule has 280 valence electrons. The molecule has 0 aliphatic carbocycles. The monoisotopic (exact) mass is 754 g/mol. The van der Waals surface area contributed by atoms with Crippen LogP contribution in [0.5, 0.6) is 17.2 Å². The normalized spacial score (nSPS) is 14.2. The standard InChI is InChI=1S/C37H37F3N4O8S/c38-37(39,40)35(45)52-33-31(34(41)42)12-7-13-32(33)49-24-27(43-53(47,48)30-10-5-2-6-11-30)22-25-14-16-28(17-15-25)51-29-18-20-44(21-19-29)36(46)50-23-26-8-3-1-4-9-26/h1-17,27,29,43H,18-24H2,(H3,41,42)/t27-/m0/s1. The second-order valence-corrected chi connectivity index (χ2v) is 13.8. The summed E-state index contributed by atoms with van der Waals surface area (Å²) in [7, 11) is -4.09. The number of hydrogen-bond acceptors (Lipinski definition) is 9. The van der Waals surface area contributed by atoms with Gasteiger partial charge in [-0.05, 0) is 53.9 Å². The number of nitrogens with zero attached hydrogens (tertiary/aromatic N) is 1. The first-order valence-electron chi connectivity index (χ1n) is 16.5. The molecule has 0 bridgehead atoms. The molecule has 4 aromatic carbocycles. The van der Waals surface area contributed by atoms with Crippen molar-refractivity contribution in [3.8, 4) is 17.2 Å². The Morgan fingerprint density at radius 2 is 1.53 bits per heavy atom. The number of para-hydroxylation sites is 1. The fourth-order valence-electron chi connectivity index (χ4n) is 5.46. The Morgan fingerprint density at radius 1 is 0.887 bits per heavy atom. The fourth-order valence-corrected chi connectivity index (χ4v) is 6.70. The molecule has 12 nitrogen and oxygen atoms in total. The number of nitrogens with two attached hydrogens (primary N) is 1. The second-order valence-electron chi connectivity index (χ2n) is 12.1. The largest absolute Gasteiger partial charge is 0.491 e. The summed E-state index contributed by atoms with van der Waals surface area (Å²) >= 11 is 0. The van der Waals surface area contributed by atoms with Crippen molar-refractivity contribution in [1.29, 1.82) is 5.41 Å². The lowest BCUT2D eigenvalue weighted by atomic mass is 10.1. The van der Waals surface area contributed by atoms with Crippen LogP contribution in [0.4, 0.5) is 18.0 Å². The first-order chi connectivity index (χ1) is 25.3. The van der Waals surface area contributed by atoms with Gasteiger partial charge in [0.1, 0.15) is 30.9 Å². The van der Waals surface area contributed by atoms with E-state index in [2.05, 4.69) is 9.46 Å². The maximum absolute atomic E-state index is 13.3. The summed E-state index contributed by atoms with van der Waals surface area (Å²) < 4.78 is 90.3. The number of amidine groups is 1. The SMILES string of the molecule is N=C(N)c1cccc(OC[C@H](Cc2ccc(OC3CCN(C(=O)OCc4ccccc4)CC3)cc2)NS(=O)(=O)c2ccccc2)c1OC(=O)C(F)(F)F. The zero-order valence-electron chi connectivity index (χ0n) is 28.3. The van der Waals surface area contributed by atoms with Gasteiger partial charge in [-0.15, -0.1) is 0 Å². The van der Waals surface area contributed by atoms with Crippen LogP contribution in [0, 0.1) is 5.41 Å². The fraction of sp³-hybridized carbons (Fsp3) is 0.270. The number of carbonyl (C=O) groups is 2. The maximum atomic E-state index is 13.3. The summed E-state index contributed by atoms with van der Waals surface area (Å²) in [5.74, 6) is -3.77. The molecule has 5 rings (SSSR count). The number of carbonyl (C=O) groups excluding carboxylic acids is 2. The van der Waals surface area contributed by atoms with Crippen LogP contribution in [-0.4, -0.2) is 69.2 Å². The van der Waals surface area contributed by atoms with E-state index < -0.39 is 46.4 Å². The van der Waals surface area contributed by atoms with Crippen LogP contribution in [-0.2, 0) is 32.6 Å². The van der Waals surface area contributed by atoms with Gasteiger partial charge in [-0.3, -0.25) is 5.41 Å². The summed E-state index contributed by atoms with van der Waals surface area (Å²) in [6.07, 6.45) is -4.63. The van der Waals surface area contributed by atoms with Crippen LogP contribution >= 0.6 is 0 Å². The van der Waals surface area contributed by atoms with E-state index in [4.69, 9.17) is 25.4 Å². The minimum atomic E-state index is -5.35. The molecule has 1 aliphatic rings. The molecular formula is C37H37F3N4O8S. The maximum Gasteiger partial charge on any atom is 0.491 e. The number of nitrogen functional groups attached to an aromatic ring is 1. The molecule has 0 radical (unpaired) electrons. The van der Waals surface area contributed by atoms with Crippen molar-refractivity contribution in [3.05, 3.63) is 120 Å². The first kappa shape index (κ1) is 38.6. The van der Waals surface area contributed by atoms with Crippen molar-refractivity contribution >= 4 is 27.9 Å². The van der Waals surface area contributed by atoms with Crippen LogP contribution in [0.25, 0.3) is 0 Å². The molecule has 0 saturated carbocycles. The van der Waals surface area contributed by atoms with Gasteiger partial charge in [0.15, 0.2) is 11.5 Å². The number of likely N-dealkylation sites (tertiary alicyclic amines) is 1. The number of nitrogens with one attached hydrogen (secondary N) is 2. The lowest BCUT2D eigenvalue weighted by Gasteiger charge is -2.31. The third kappa shape index (κ3) is 10.9. The minimum Gasteiger partial charge on any atom is -0.490 e. The molecule has 4 aromatic rings. The van der Waals surface area contributed by atoms with Crippen molar-refractivity contribution in [2.75, 3.05) is 19.7 Å². The number of alkyl halides is 3. The predicted octanol–water partition coefficient (Wildman–Crippen LogP) is 5.59. The van der Waals surface area contributed by atoms with Gasteiger partial charge in [0.25, 0.3) is 0 Å².